The smallest absolute Gasteiger partial charge is 0.254 e. The van der Waals surface area contributed by atoms with Gasteiger partial charge in [0.2, 0.25) is 5.91 Å². The van der Waals surface area contributed by atoms with Gasteiger partial charge in [-0.2, -0.15) is 0 Å². The highest BCUT2D eigenvalue weighted by molar-refractivity contribution is 5.98. The summed E-state index contributed by atoms with van der Waals surface area (Å²) in [6.45, 7) is 0. The van der Waals surface area contributed by atoms with E-state index >= 15 is 0 Å². The fourth-order valence-corrected chi connectivity index (χ4v) is 3.80. The van der Waals surface area contributed by atoms with Gasteiger partial charge in [-0.1, -0.05) is 24.3 Å². The maximum absolute atomic E-state index is 12.9. The molecule has 0 fully saturated rings. The molecule has 2 aromatic rings. The van der Waals surface area contributed by atoms with Crippen LogP contribution in [0.25, 0.3) is 0 Å². The molecule has 0 radical (unpaired) electrons. The number of carbonyl (C=O) groups is 2. The SMILES string of the molecule is CN(C(=O)c1ccc2c(c1)CCC(=O)N2)[C@@H]1CCc2ccccc21. The van der Waals surface area contributed by atoms with Crippen molar-refractivity contribution in [3.63, 3.8) is 0 Å². The maximum atomic E-state index is 12.9. The van der Waals surface area contributed by atoms with Crippen molar-refractivity contribution in [1.82, 2.24) is 4.90 Å². The lowest BCUT2D eigenvalue weighted by atomic mass is 9.99. The molecule has 0 unspecified atom stereocenters. The predicted octanol–water partition coefficient (Wildman–Crippen LogP) is 3.33. The van der Waals surface area contributed by atoms with E-state index in [1.54, 1.807) is 0 Å². The second kappa shape index (κ2) is 5.78. The monoisotopic (exact) mass is 320 g/mol. The largest absolute Gasteiger partial charge is 0.335 e. The van der Waals surface area contributed by atoms with E-state index in [1.807, 2.05) is 36.2 Å². The normalized spacial score (nSPS) is 18.5. The number of fused-ring (bicyclic) bond motifs is 2. The van der Waals surface area contributed by atoms with Crippen LogP contribution in [0.1, 0.15) is 45.9 Å². The van der Waals surface area contributed by atoms with E-state index in [9.17, 15) is 9.59 Å². The molecular formula is C20H20N2O2. The predicted molar refractivity (Wildman–Crippen MR) is 93.0 cm³/mol. The summed E-state index contributed by atoms with van der Waals surface area (Å²) in [5.74, 6) is 0.0812. The zero-order chi connectivity index (χ0) is 16.7. The van der Waals surface area contributed by atoms with E-state index in [4.69, 9.17) is 0 Å². The Balaban J connectivity index is 1.59. The zero-order valence-corrected chi connectivity index (χ0v) is 13.7. The molecule has 2 amide bonds. The fourth-order valence-electron chi connectivity index (χ4n) is 3.80. The summed E-state index contributed by atoms with van der Waals surface area (Å²) in [5.41, 5.74) is 5.17. The number of anilines is 1. The van der Waals surface area contributed by atoms with E-state index in [-0.39, 0.29) is 17.9 Å². The molecule has 4 rings (SSSR count). The second-order valence-corrected chi connectivity index (χ2v) is 6.59. The summed E-state index contributed by atoms with van der Waals surface area (Å²) < 4.78 is 0. The van der Waals surface area contributed by atoms with Crippen LogP contribution in [0.2, 0.25) is 0 Å². The first-order valence-electron chi connectivity index (χ1n) is 8.41. The molecule has 122 valence electrons. The molecule has 0 bridgehead atoms. The van der Waals surface area contributed by atoms with Gasteiger partial charge in [-0.25, -0.2) is 0 Å². The molecule has 1 atom stereocenters. The Morgan fingerprint density at radius 1 is 1.08 bits per heavy atom. The number of amides is 2. The summed E-state index contributed by atoms with van der Waals surface area (Å²) in [7, 11) is 1.89. The lowest BCUT2D eigenvalue weighted by Gasteiger charge is -2.26. The summed E-state index contributed by atoms with van der Waals surface area (Å²) >= 11 is 0. The van der Waals surface area contributed by atoms with Crippen LogP contribution in [0.3, 0.4) is 0 Å². The number of hydrogen-bond donors (Lipinski definition) is 1. The molecule has 1 aliphatic carbocycles. The highest BCUT2D eigenvalue weighted by Crippen LogP contribution is 2.35. The Morgan fingerprint density at radius 3 is 2.79 bits per heavy atom. The van der Waals surface area contributed by atoms with Gasteiger partial charge in [-0.15, -0.1) is 0 Å². The van der Waals surface area contributed by atoms with Crippen molar-refractivity contribution in [2.24, 2.45) is 0 Å². The Bertz CT molecular complexity index is 828. The zero-order valence-electron chi connectivity index (χ0n) is 13.7. The van der Waals surface area contributed by atoms with Crippen LogP contribution in [-0.2, 0) is 17.6 Å². The van der Waals surface area contributed by atoms with Gasteiger partial charge < -0.3 is 10.2 Å². The Hall–Kier alpha value is -2.62. The standard InChI is InChI=1S/C20H20N2O2/c1-22(18-10-7-13-4-2-3-5-16(13)18)20(24)15-6-9-17-14(12-15)8-11-19(23)21-17/h2-6,9,12,18H,7-8,10-11H2,1H3,(H,21,23)/t18-/m1/s1. The van der Waals surface area contributed by atoms with Crippen molar-refractivity contribution in [2.45, 2.75) is 31.7 Å². The molecule has 1 aliphatic heterocycles. The van der Waals surface area contributed by atoms with Crippen LogP contribution in [0.15, 0.2) is 42.5 Å². The van der Waals surface area contributed by atoms with Crippen LogP contribution < -0.4 is 5.32 Å². The fraction of sp³-hybridized carbons (Fsp3) is 0.300. The van der Waals surface area contributed by atoms with Crippen LogP contribution >= 0.6 is 0 Å². The van der Waals surface area contributed by atoms with Crippen LogP contribution in [-0.4, -0.2) is 23.8 Å². The van der Waals surface area contributed by atoms with Crippen molar-refractivity contribution in [3.8, 4) is 0 Å². The lowest BCUT2D eigenvalue weighted by Crippen LogP contribution is -2.30. The molecule has 24 heavy (non-hydrogen) atoms. The minimum atomic E-state index is 0.0383. The second-order valence-electron chi connectivity index (χ2n) is 6.59. The summed E-state index contributed by atoms with van der Waals surface area (Å²) in [5, 5.41) is 2.86. The van der Waals surface area contributed by atoms with Gasteiger partial charge >= 0.3 is 0 Å². The van der Waals surface area contributed by atoms with E-state index in [2.05, 4.69) is 23.5 Å². The van der Waals surface area contributed by atoms with E-state index in [0.717, 1.165) is 24.1 Å². The first kappa shape index (κ1) is 14.9. The average molecular weight is 320 g/mol. The minimum absolute atomic E-state index is 0.0383. The molecule has 4 nitrogen and oxygen atoms in total. The first-order chi connectivity index (χ1) is 11.6. The minimum Gasteiger partial charge on any atom is -0.335 e. The quantitative estimate of drug-likeness (QED) is 0.922. The molecule has 0 aromatic heterocycles. The van der Waals surface area contributed by atoms with Gasteiger partial charge in [0.1, 0.15) is 0 Å². The number of nitrogens with one attached hydrogen (secondary N) is 1. The van der Waals surface area contributed by atoms with Gasteiger partial charge in [0.25, 0.3) is 5.91 Å². The highest BCUT2D eigenvalue weighted by atomic mass is 16.2. The van der Waals surface area contributed by atoms with Gasteiger partial charge in [0.05, 0.1) is 6.04 Å². The highest BCUT2D eigenvalue weighted by Gasteiger charge is 2.29. The van der Waals surface area contributed by atoms with Gasteiger partial charge in [0, 0.05) is 24.7 Å². The lowest BCUT2D eigenvalue weighted by molar-refractivity contribution is -0.116. The van der Waals surface area contributed by atoms with Crippen molar-refractivity contribution >= 4 is 17.5 Å². The number of rotatable bonds is 2. The average Bonchev–Trinajstić information content (AvgIpc) is 3.04. The number of hydrogen-bond acceptors (Lipinski definition) is 2. The van der Waals surface area contributed by atoms with Gasteiger partial charge in [-0.05, 0) is 54.2 Å². The molecule has 4 heteroatoms. The molecule has 2 aliphatic rings. The molecule has 2 aromatic carbocycles. The summed E-state index contributed by atoms with van der Waals surface area (Å²) in [6.07, 6.45) is 3.17. The molecule has 1 heterocycles. The number of nitrogens with zero attached hydrogens (tertiary/aromatic N) is 1. The van der Waals surface area contributed by atoms with Crippen molar-refractivity contribution < 1.29 is 9.59 Å². The van der Waals surface area contributed by atoms with Crippen LogP contribution in [0.5, 0.6) is 0 Å². The van der Waals surface area contributed by atoms with E-state index < -0.39 is 0 Å². The first-order valence-corrected chi connectivity index (χ1v) is 8.41. The molecular weight excluding hydrogens is 300 g/mol. The summed E-state index contributed by atoms with van der Waals surface area (Å²) in [4.78, 5) is 26.2. The van der Waals surface area contributed by atoms with E-state index in [1.165, 1.54) is 11.1 Å². The van der Waals surface area contributed by atoms with Crippen LogP contribution in [0.4, 0.5) is 5.69 Å². The van der Waals surface area contributed by atoms with Gasteiger partial charge in [0.15, 0.2) is 0 Å². The van der Waals surface area contributed by atoms with Crippen molar-refractivity contribution in [1.29, 1.82) is 0 Å². The van der Waals surface area contributed by atoms with Crippen molar-refractivity contribution in [2.75, 3.05) is 12.4 Å². The number of carbonyl (C=O) groups excluding carboxylic acids is 2. The Labute approximate surface area is 141 Å². The number of benzene rings is 2. The summed E-state index contributed by atoms with van der Waals surface area (Å²) in [6, 6.07) is 14.1. The maximum Gasteiger partial charge on any atom is 0.254 e. The van der Waals surface area contributed by atoms with Gasteiger partial charge in [-0.3, -0.25) is 9.59 Å². The van der Waals surface area contributed by atoms with Crippen molar-refractivity contribution in [3.05, 3.63) is 64.7 Å². The van der Waals surface area contributed by atoms with Crippen LogP contribution in [0, 0.1) is 0 Å². The molecule has 1 N–H and O–H groups in total. The molecule has 0 saturated heterocycles. The Kier molecular flexibility index (Phi) is 3.60. The topological polar surface area (TPSA) is 49.4 Å². The third-order valence-corrected chi connectivity index (χ3v) is 5.14. The third-order valence-electron chi connectivity index (χ3n) is 5.14. The molecule has 0 saturated carbocycles. The Morgan fingerprint density at radius 2 is 1.92 bits per heavy atom. The molecule has 0 spiro atoms. The third kappa shape index (κ3) is 2.48. The number of aryl methyl sites for hydroxylation is 2. The van der Waals surface area contributed by atoms with E-state index in [0.29, 0.717) is 18.4 Å².